The van der Waals surface area contributed by atoms with Gasteiger partial charge in [-0.25, -0.2) is 0 Å². The summed E-state index contributed by atoms with van der Waals surface area (Å²) in [5.41, 5.74) is 0.297. The molecule has 7 heteroatoms. The van der Waals surface area contributed by atoms with E-state index >= 15 is 0 Å². The highest BCUT2D eigenvalue weighted by atomic mass is 19.4. The third kappa shape index (κ3) is 4.35. The largest absolute Gasteiger partial charge is 0.573 e. The van der Waals surface area contributed by atoms with Gasteiger partial charge in [0, 0.05) is 0 Å². The van der Waals surface area contributed by atoms with Crippen molar-refractivity contribution >= 4 is 5.97 Å². The summed E-state index contributed by atoms with van der Waals surface area (Å²) in [6.45, 7) is 1.25. The highest BCUT2D eigenvalue weighted by Gasteiger charge is 2.32. The van der Waals surface area contributed by atoms with Crippen LogP contribution in [-0.4, -0.2) is 35.4 Å². The van der Waals surface area contributed by atoms with Gasteiger partial charge in [0.25, 0.3) is 0 Å². The second kappa shape index (κ2) is 6.34. The quantitative estimate of drug-likeness (QED) is 0.928. The number of alkyl halides is 3. The van der Waals surface area contributed by atoms with Gasteiger partial charge < -0.3 is 9.84 Å². The predicted molar refractivity (Wildman–Crippen MR) is 68.9 cm³/mol. The number of aliphatic carboxylic acids is 1. The summed E-state index contributed by atoms with van der Waals surface area (Å²) in [4.78, 5) is 13.3. The molecule has 1 aliphatic heterocycles. The molecule has 1 fully saturated rings. The first-order valence-electron chi connectivity index (χ1n) is 6.69. The van der Waals surface area contributed by atoms with Gasteiger partial charge in [0.05, 0.1) is 0 Å². The van der Waals surface area contributed by atoms with Gasteiger partial charge in [-0.1, -0.05) is 18.6 Å². The Morgan fingerprint density at radius 2 is 1.90 bits per heavy atom. The van der Waals surface area contributed by atoms with Crippen molar-refractivity contribution in [1.29, 1.82) is 0 Å². The Morgan fingerprint density at radius 1 is 1.24 bits per heavy atom. The number of carboxylic acids is 1. The maximum absolute atomic E-state index is 12.2. The molecule has 0 amide bonds. The molecule has 0 saturated carbocycles. The van der Waals surface area contributed by atoms with Crippen molar-refractivity contribution in [1.82, 2.24) is 4.90 Å². The molecule has 1 aromatic carbocycles. The molecule has 21 heavy (non-hydrogen) atoms. The van der Waals surface area contributed by atoms with E-state index in [-0.39, 0.29) is 0 Å². The summed E-state index contributed by atoms with van der Waals surface area (Å²) < 4.78 is 40.6. The lowest BCUT2D eigenvalue weighted by Gasteiger charge is -2.32. The fourth-order valence-electron chi connectivity index (χ4n) is 2.57. The van der Waals surface area contributed by atoms with E-state index in [4.69, 9.17) is 0 Å². The molecule has 1 atom stereocenters. The number of nitrogens with zero attached hydrogens (tertiary/aromatic N) is 1. The molecule has 1 aromatic rings. The van der Waals surface area contributed by atoms with E-state index in [2.05, 4.69) is 4.74 Å². The smallest absolute Gasteiger partial charge is 0.480 e. The second-order valence-electron chi connectivity index (χ2n) is 4.96. The van der Waals surface area contributed by atoms with Crippen LogP contribution in [0.4, 0.5) is 13.2 Å². The Kier molecular flexibility index (Phi) is 4.72. The van der Waals surface area contributed by atoms with Gasteiger partial charge in [-0.2, -0.15) is 0 Å². The summed E-state index contributed by atoms with van der Waals surface area (Å²) >= 11 is 0. The Hall–Kier alpha value is -1.76. The Balaban J connectivity index is 2.23. The fraction of sp³-hybridized carbons (Fsp3) is 0.500. The van der Waals surface area contributed by atoms with Gasteiger partial charge in [0.2, 0.25) is 0 Å². The number of ether oxygens (including phenoxy) is 1. The van der Waals surface area contributed by atoms with Crippen LogP contribution in [0.5, 0.6) is 5.75 Å². The summed E-state index contributed by atoms with van der Waals surface area (Å²) in [6.07, 6.45) is -1.96. The maximum atomic E-state index is 12.2. The zero-order valence-electron chi connectivity index (χ0n) is 11.3. The number of carboxylic acid groups (broad SMARTS) is 1. The average molecular weight is 303 g/mol. The van der Waals surface area contributed by atoms with Gasteiger partial charge in [-0.05, 0) is 43.6 Å². The van der Waals surface area contributed by atoms with Crippen LogP contribution in [-0.2, 0) is 4.79 Å². The molecule has 1 saturated heterocycles. The van der Waals surface area contributed by atoms with Crippen LogP contribution in [0.2, 0.25) is 0 Å². The summed E-state index contributed by atoms with van der Waals surface area (Å²) in [7, 11) is 0. The number of hydrogen-bond acceptors (Lipinski definition) is 3. The van der Waals surface area contributed by atoms with Crippen molar-refractivity contribution in [3.8, 4) is 5.75 Å². The average Bonchev–Trinajstić information content (AvgIpc) is 2.38. The molecule has 1 unspecified atom stereocenters. The number of piperidine rings is 1. The fourth-order valence-corrected chi connectivity index (χ4v) is 2.57. The number of likely N-dealkylation sites (tertiary alicyclic amines) is 1. The lowest BCUT2D eigenvalue weighted by molar-refractivity contribution is -0.274. The summed E-state index contributed by atoms with van der Waals surface area (Å²) in [6, 6.07) is 4.24. The first-order chi connectivity index (χ1) is 9.87. The Labute approximate surface area is 120 Å². The Morgan fingerprint density at radius 3 is 2.48 bits per heavy atom. The molecule has 0 aliphatic carbocycles. The molecular weight excluding hydrogens is 287 g/mol. The Bertz CT molecular complexity index is 498. The lowest BCUT2D eigenvalue weighted by Crippen LogP contribution is -2.37. The third-order valence-corrected chi connectivity index (χ3v) is 3.40. The van der Waals surface area contributed by atoms with Crippen molar-refractivity contribution < 1.29 is 27.8 Å². The number of carbonyl (C=O) groups is 1. The van der Waals surface area contributed by atoms with Crippen LogP contribution in [0.15, 0.2) is 24.3 Å². The van der Waals surface area contributed by atoms with Crippen LogP contribution in [0.25, 0.3) is 0 Å². The van der Waals surface area contributed by atoms with Crippen LogP contribution < -0.4 is 4.74 Å². The molecule has 2 rings (SSSR count). The maximum Gasteiger partial charge on any atom is 0.573 e. The summed E-state index contributed by atoms with van der Waals surface area (Å²) in [5.74, 6) is -1.47. The summed E-state index contributed by atoms with van der Waals surface area (Å²) in [5, 5.41) is 9.40. The zero-order chi connectivity index (χ0) is 15.5. The van der Waals surface area contributed by atoms with Gasteiger partial charge in [-0.3, -0.25) is 9.69 Å². The number of halogens is 3. The molecule has 1 heterocycles. The first kappa shape index (κ1) is 15.6. The van der Waals surface area contributed by atoms with E-state index in [1.807, 2.05) is 0 Å². The third-order valence-electron chi connectivity index (χ3n) is 3.40. The van der Waals surface area contributed by atoms with E-state index in [0.29, 0.717) is 18.7 Å². The molecule has 116 valence electrons. The molecule has 0 spiro atoms. The topological polar surface area (TPSA) is 49.8 Å². The van der Waals surface area contributed by atoms with Gasteiger partial charge in [0.15, 0.2) is 0 Å². The van der Waals surface area contributed by atoms with Crippen molar-refractivity contribution in [2.45, 2.75) is 31.7 Å². The molecule has 1 N–H and O–H groups in total. The van der Waals surface area contributed by atoms with E-state index in [0.717, 1.165) is 31.4 Å². The van der Waals surface area contributed by atoms with Crippen molar-refractivity contribution in [2.75, 3.05) is 13.1 Å². The van der Waals surface area contributed by atoms with E-state index in [9.17, 15) is 23.1 Å². The molecule has 4 nitrogen and oxygen atoms in total. The van der Waals surface area contributed by atoms with Gasteiger partial charge in [0.1, 0.15) is 11.8 Å². The minimum atomic E-state index is -4.79. The predicted octanol–water partition coefficient (Wildman–Crippen LogP) is 3.20. The minimum Gasteiger partial charge on any atom is -0.480 e. The minimum absolute atomic E-state index is 0.297. The second-order valence-corrected chi connectivity index (χ2v) is 4.96. The molecule has 1 aliphatic rings. The highest BCUT2D eigenvalue weighted by molar-refractivity contribution is 5.75. The lowest BCUT2D eigenvalue weighted by atomic mass is 10.0. The van der Waals surface area contributed by atoms with Crippen molar-refractivity contribution in [2.24, 2.45) is 0 Å². The highest BCUT2D eigenvalue weighted by Crippen LogP contribution is 2.29. The molecule has 0 aromatic heterocycles. The standard InChI is InChI=1S/C14H16F3NO3/c15-14(16,17)21-11-6-4-5-10(9-11)12(13(19)20)18-7-2-1-3-8-18/h4-6,9,12H,1-3,7-8H2,(H,19,20). The van der Waals surface area contributed by atoms with Crippen LogP contribution in [0, 0.1) is 0 Å². The van der Waals surface area contributed by atoms with Crippen LogP contribution in [0.3, 0.4) is 0 Å². The molecule has 0 radical (unpaired) electrons. The monoisotopic (exact) mass is 303 g/mol. The van der Waals surface area contributed by atoms with E-state index in [1.165, 1.54) is 12.1 Å². The van der Waals surface area contributed by atoms with Crippen LogP contribution >= 0.6 is 0 Å². The van der Waals surface area contributed by atoms with Gasteiger partial charge in [-0.15, -0.1) is 13.2 Å². The zero-order valence-corrected chi connectivity index (χ0v) is 11.3. The number of benzene rings is 1. The van der Waals surface area contributed by atoms with E-state index in [1.54, 1.807) is 4.90 Å². The van der Waals surface area contributed by atoms with E-state index < -0.39 is 24.1 Å². The number of hydrogen-bond donors (Lipinski definition) is 1. The van der Waals surface area contributed by atoms with Crippen molar-refractivity contribution in [3.63, 3.8) is 0 Å². The normalized spacial score (nSPS) is 18.2. The molecular formula is C14H16F3NO3. The van der Waals surface area contributed by atoms with Crippen LogP contribution in [0.1, 0.15) is 30.9 Å². The van der Waals surface area contributed by atoms with Gasteiger partial charge >= 0.3 is 12.3 Å². The SMILES string of the molecule is O=C(O)C(c1cccc(OC(F)(F)F)c1)N1CCCCC1. The first-order valence-corrected chi connectivity index (χ1v) is 6.69. The number of rotatable bonds is 4. The van der Waals surface area contributed by atoms with Crippen molar-refractivity contribution in [3.05, 3.63) is 29.8 Å². The molecule has 0 bridgehead atoms.